The van der Waals surface area contributed by atoms with Crippen LogP contribution < -0.4 is 0 Å². The van der Waals surface area contributed by atoms with Crippen LogP contribution in [0.1, 0.15) is 15.9 Å². The quantitative estimate of drug-likeness (QED) is 0.890. The normalized spacial score (nSPS) is 10.3. The van der Waals surface area contributed by atoms with Crippen molar-refractivity contribution in [2.45, 2.75) is 6.54 Å². The van der Waals surface area contributed by atoms with Gasteiger partial charge in [-0.2, -0.15) is 5.10 Å². The minimum absolute atomic E-state index is 0.189. The van der Waals surface area contributed by atoms with Gasteiger partial charge in [-0.15, -0.1) is 0 Å². The van der Waals surface area contributed by atoms with Gasteiger partial charge in [-0.25, -0.2) is 4.79 Å². The summed E-state index contributed by atoms with van der Waals surface area (Å²) in [5, 5.41) is 13.3. The minimum Gasteiger partial charge on any atom is -0.478 e. The van der Waals surface area contributed by atoms with E-state index >= 15 is 0 Å². The molecule has 4 nitrogen and oxygen atoms in total. The third-order valence-electron chi connectivity index (χ3n) is 2.19. The average molecular weight is 237 g/mol. The monoisotopic (exact) mass is 236 g/mol. The van der Waals surface area contributed by atoms with E-state index in [9.17, 15) is 4.79 Å². The van der Waals surface area contributed by atoms with Crippen LogP contribution in [0, 0.1) is 0 Å². The number of carboxylic acids is 1. The first-order valence-corrected chi connectivity index (χ1v) is 5.04. The van der Waals surface area contributed by atoms with E-state index in [0.717, 1.165) is 5.56 Å². The molecule has 0 aliphatic heterocycles. The van der Waals surface area contributed by atoms with E-state index in [-0.39, 0.29) is 5.56 Å². The minimum atomic E-state index is -0.979. The zero-order chi connectivity index (χ0) is 11.5. The number of carboxylic acid groups (broad SMARTS) is 1. The van der Waals surface area contributed by atoms with Gasteiger partial charge in [0.05, 0.1) is 12.1 Å². The highest BCUT2D eigenvalue weighted by atomic mass is 35.5. The van der Waals surface area contributed by atoms with Crippen LogP contribution in [0.2, 0.25) is 5.02 Å². The Morgan fingerprint density at radius 2 is 2.31 bits per heavy atom. The zero-order valence-electron chi connectivity index (χ0n) is 8.30. The largest absolute Gasteiger partial charge is 0.478 e. The Kier molecular flexibility index (Phi) is 2.92. The third-order valence-corrected chi connectivity index (χ3v) is 2.54. The molecule has 0 fully saturated rings. The van der Waals surface area contributed by atoms with Gasteiger partial charge in [0.1, 0.15) is 0 Å². The summed E-state index contributed by atoms with van der Waals surface area (Å²) in [5.74, 6) is -0.979. The van der Waals surface area contributed by atoms with Crippen molar-refractivity contribution < 1.29 is 9.90 Å². The molecule has 1 aromatic heterocycles. The highest BCUT2D eigenvalue weighted by Gasteiger charge is 2.07. The van der Waals surface area contributed by atoms with Crippen molar-refractivity contribution in [3.8, 4) is 0 Å². The summed E-state index contributed by atoms with van der Waals surface area (Å²) in [6, 6.07) is 6.50. The highest BCUT2D eigenvalue weighted by Crippen LogP contribution is 2.18. The molecular formula is C11H9ClN2O2. The molecule has 0 saturated heterocycles. The molecule has 0 amide bonds. The first-order valence-electron chi connectivity index (χ1n) is 4.66. The van der Waals surface area contributed by atoms with E-state index in [1.807, 2.05) is 12.3 Å². The lowest BCUT2D eigenvalue weighted by atomic mass is 10.1. The Labute approximate surface area is 97.1 Å². The number of rotatable bonds is 3. The van der Waals surface area contributed by atoms with Gasteiger partial charge in [0.2, 0.25) is 0 Å². The topological polar surface area (TPSA) is 55.1 Å². The lowest BCUT2D eigenvalue weighted by Crippen LogP contribution is -2.02. The molecule has 0 atom stereocenters. The second kappa shape index (κ2) is 4.37. The fourth-order valence-corrected chi connectivity index (χ4v) is 1.62. The Morgan fingerprint density at radius 1 is 1.50 bits per heavy atom. The van der Waals surface area contributed by atoms with Gasteiger partial charge in [0.25, 0.3) is 0 Å². The lowest BCUT2D eigenvalue weighted by molar-refractivity contribution is 0.0697. The van der Waals surface area contributed by atoms with Gasteiger partial charge in [0, 0.05) is 17.4 Å². The van der Waals surface area contributed by atoms with E-state index in [0.29, 0.717) is 11.6 Å². The van der Waals surface area contributed by atoms with Crippen molar-refractivity contribution in [1.82, 2.24) is 9.78 Å². The molecule has 5 heteroatoms. The summed E-state index contributed by atoms with van der Waals surface area (Å²) in [6.07, 6.45) is 3.50. The number of nitrogens with zero attached hydrogens (tertiary/aromatic N) is 2. The van der Waals surface area contributed by atoms with Gasteiger partial charge in [-0.3, -0.25) is 4.68 Å². The number of aromatic carboxylic acids is 1. The van der Waals surface area contributed by atoms with Crippen molar-refractivity contribution in [3.63, 3.8) is 0 Å². The molecule has 1 aromatic carbocycles. The summed E-state index contributed by atoms with van der Waals surface area (Å²) in [4.78, 5) is 10.7. The third kappa shape index (κ3) is 2.23. The Bertz CT molecular complexity index is 509. The van der Waals surface area contributed by atoms with Crippen LogP contribution in [0.3, 0.4) is 0 Å². The summed E-state index contributed by atoms with van der Waals surface area (Å²) in [5.41, 5.74) is 1.03. The first kappa shape index (κ1) is 10.7. The second-order valence-corrected chi connectivity index (χ2v) is 3.72. The van der Waals surface area contributed by atoms with Crippen molar-refractivity contribution in [1.29, 1.82) is 0 Å². The molecule has 0 spiro atoms. The smallest absolute Gasteiger partial charge is 0.335 e. The molecule has 1 N–H and O–H groups in total. The number of aromatic nitrogens is 2. The van der Waals surface area contributed by atoms with Crippen molar-refractivity contribution in [2.24, 2.45) is 0 Å². The van der Waals surface area contributed by atoms with E-state index in [1.54, 1.807) is 16.9 Å². The maximum absolute atomic E-state index is 10.7. The second-order valence-electron chi connectivity index (χ2n) is 3.31. The Hall–Kier alpha value is -1.81. The Balaban J connectivity index is 2.26. The van der Waals surface area contributed by atoms with E-state index in [4.69, 9.17) is 16.7 Å². The van der Waals surface area contributed by atoms with Crippen LogP contribution >= 0.6 is 11.6 Å². The number of halogens is 1. The fourth-order valence-electron chi connectivity index (χ4n) is 1.38. The van der Waals surface area contributed by atoms with Crippen LogP contribution in [-0.2, 0) is 6.54 Å². The van der Waals surface area contributed by atoms with Gasteiger partial charge < -0.3 is 5.11 Å². The predicted molar refractivity (Wildman–Crippen MR) is 59.7 cm³/mol. The van der Waals surface area contributed by atoms with Crippen molar-refractivity contribution in [3.05, 3.63) is 52.8 Å². The molecule has 2 aromatic rings. The van der Waals surface area contributed by atoms with Crippen molar-refractivity contribution in [2.75, 3.05) is 0 Å². The standard InChI is InChI=1S/C11H9ClN2O2/c12-10-6-8(11(15)16)2-3-9(10)7-14-5-1-4-13-14/h1-6H,7H2,(H,15,16). The molecule has 16 heavy (non-hydrogen) atoms. The van der Waals surface area contributed by atoms with Gasteiger partial charge in [0.15, 0.2) is 0 Å². The summed E-state index contributed by atoms with van der Waals surface area (Å²) >= 11 is 5.99. The molecule has 0 unspecified atom stereocenters. The summed E-state index contributed by atoms with van der Waals surface area (Å²) in [6.45, 7) is 0.533. The van der Waals surface area contributed by atoms with Crippen LogP contribution in [0.25, 0.3) is 0 Å². The Morgan fingerprint density at radius 3 is 2.88 bits per heavy atom. The van der Waals surface area contributed by atoms with Crippen LogP contribution in [0.5, 0.6) is 0 Å². The number of carbonyl (C=O) groups is 1. The molecular weight excluding hydrogens is 228 g/mol. The fraction of sp³-hybridized carbons (Fsp3) is 0.0909. The number of benzene rings is 1. The van der Waals surface area contributed by atoms with Gasteiger partial charge in [-0.1, -0.05) is 17.7 Å². The first-order chi connectivity index (χ1) is 7.66. The molecule has 2 rings (SSSR count). The molecule has 1 heterocycles. The maximum atomic E-state index is 10.7. The SMILES string of the molecule is O=C(O)c1ccc(Cn2cccn2)c(Cl)c1. The number of hydrogen-bond acceptors (Lipinski definition) is 2. The van der Waals surface area contributed by atoms with E-state index < -0.39 is 5.97 Å². The zero-order valence-corrected chi connectivity index (χ0v) is 9.05. The van der Waals surface area contributed by atoms with Crippen LogP contribution in [0.15, 0.2) is 36.7 Å². The number of hydrogen-bond donors (Lipinski definition) is 1. The van der Waals surface area contributed by atoms with Gasteiger partial charge in [-0.05, 0) is 23.8 Å². The van der Waals surface area contributed by atoms with Crippen LogP contribution in [0.4, 0.5) is 0 Å². The van der Waals surface area contributed by atoms with Gasteiger partial charge >= 0.3 is 5.97 Å². The van der Waals surface area contributed by atoms with E-state index in [2.05, 4.69) is 5.10 Å². The average Bonchev–Trinajstić information content (AvgIpc) is 2.73. The predicted octanol–water partition coefficient (Wildman–Crippen LogP) is 2.28. The van der Waals surface area contributed by atoms with Crippen LogP contribution in [-0.4, -0.2) is 20.9 Å². The molecule has 0 bridgehead atoms. The van der Waals surface area contributed by atoms with Crippen molar-refractivity contribution >= 4 is 17.6 Å². The molecule has 0 aliphatic carbocycles. The lowest BCUT2D eigenvalue weighted by Gasteiger charge is -2.05. The molecule has 0 aliphatic rings. The highest BCUT2D eigenvalue weighted by molar-refractivity contribution is 6.31. The summed E-state index contributed by atoms with van der Waals surface area (Å²) in [7, 11) is 0. The molecule has 82 valence electrons. The molecule has 0 saturated carbocycles. The maximum Gasteiger partial charge on any atom is 0.335 e. The molecule has 0 radical (unpaired) electrons. The van der Waals surface area contributed by atoms with E-state index in [1.165, 1.54) is 12.1 Å². The summed E-state index contributed by atoms with van der Waals surface area (Å²) < 4.78 is 1.72.